The number of alkyl halides is 1. The third-order valence-electron chi connectivity index (χ3n) is 8.42. The van der Waals surface area contributed by atoms with E-state index < -0.39 is 16.6 Å². The molecule has 4 heterocycles. The molecule has 36 heavy (non-hydrogen) atoms. The standard InChI is InChI=1S/C29H34FN5O/c1-8-17-10-9-11-18-21-14-28(6,30)24-20(12-13-31-24)29(21,7)25-19-15-34(26(36)32-16(2)3)27(4,5)23(19)33-35(25)22(17)18/h9-14,16,31H,8,15H2,1-7H3,(H,32,36). The highest BCUT2D eigenvalue weighted by atomic mass is 19.1. The van der Waals surface area contributed by atoms with E-state index in [1.54, 1.807) is 13.0 Å². The molecule has 7 heteroatoms. The van der Waals surface area contributed by atoms with Gasteiger partial charge in [0.25, 0.3) is 0 Å². The number of hydrogen-bond acceptors (Lipinski definition) is 2. The summed E-state index contributed by atoms with van der Waals surface area (Å²) in [6.07, 6.45) is 4.46. The fraction of sp³-hybridized carbons (Fsp3) is 0.448. The number of H-pyrrole nitrogens is 1. The van der Waals surface area contributed by atoms with Crippen LogP contribution in [0.4, 0.5) is 9.18 Å². The molecule has 0 saturated heterocycles. The number of aromatic amines is 1. The number of nitrogens with zero attached hydrogens (tertiary/aromatic N) is 3. The predicted octanol–water partition coefficient (Wildman–Crippen LogP) is 5.83. The summed E-state index contributed by atoms with van der Waals surface area (Å²) >= 11 is 0. The van der Waals surface area contributed by atoms with Crippen LogP contribution in [0.1, 0.15) is 87.8 Å². The van der Waals surface area contributed by atoms with Gasteiger partial charge in [0.05, 0.1) is 40.3 Å². The second kappa shape index (κ2) is 7.11. The van der Waals surface area contributed by atoms with E-state index in [0.717, 1.165) is 45.8 Å². The molecule has 0 radical (unpaired) electrons. The highest BCUT2D eigenvalue weighted by Crippen LogP contribution is 2.59. The SMILES string of the molecule is CCc1cccc2c1-n1nc3c(c1C1(C)C2=CC(C)(F)c2[nH]ccc21)CN(C(=O)NC(C)C)C3(C)C. The molecule has 2 aliphatic heterocycles. The van der Waals surface area contributed by atoms with E-state index in [-0.39, 0.29) is 12.1 Å². The van der Waals surface area contributed by atoms with Gasteiger partial charge in [0, 0.05) is 23.4 Å². The lowest BCUT2D eigenvalue weighted by Crippen LogP contribution is -2.48. The maximum atomic E-state index is 16.1. The van der Waals surface area contributed by atoms with E-state index in [1.165, 1.54) is 5.56 Å². The van der Waals surface area contributed by atoms with Gasteiger partial charge >= 0.3 is 6.03 Å². The topological polar surface area (TPSA) is 66.0 Å². The summed E-state index contributed by atoms with van der Waals surface area (Å²) in [7, 11) is 0. The molecule has 2 amide bonds. The first-order valence-electron chi connectivity index (χ1n) is 12.9. The third kappa shape index (κ3) is 2.71. The number of amides is 2. The second-order valence-electron chi connectivity index (χ2n) is 11.5. The molecule has 3 aromatic rings. The summed E-state index contributed by atoms with van der Waals surface area (Å²) in [5, 5.41) is 8.29. The van der Waals surface area contributed by atoms with Crippen LogP contribution < -0.4 is 5.32 Å². The number of allylic oxidation sites excluding steroid dienone is 2. The smallest absolute Gasteiger partial charge is 0.318 e. The molecule has 2 N–H and O–H groups in total. The normalized spacial score (nSPS) is 25.0. The van der Waals surface area contributed by atoms with Gasteiger partial charge in [-0.2, -0.15) is 5.10 Å². The molecule has 6 nitrogen and oxygen atoms in total. The Morgan fingerprint density at radius 3 is 2.67 bits per heavy atom. The number of rotatable bonds is 2. The van der Waals surface area contributed by atoms with E-state index in [9.17, 15) is 4.79 Å². The lowest BCUT2D eigenvalue weighted by molar-refractivity contribution is 0.140. The van der Waals surface area contributed by atoms with Crippen molar-refractivity contribution in [2.75, 3.05) is 0 Å². The highest BCUT2D eigenvalue weighted by molar-refractivity contribution is 5.90. The molecular formula is C29H34FN5O. The summed E-state index contributed by atoms with van der Waals surface area (Å²) in [5.74, 6) is 0. The van der Waals surface area contributed by atoms with Crippen molar-refractivity contribution in [3.63, 3.8) is 0 Å². The fourth-order valence-corrected chi connectivity index (χ4v) is 6.67. The van der Waals surface area contributed by atoms with Crippen molar-refractivity contribution in [3.05, 3.63) is 75.9 Å². The monoisotopic (exact) mass is 487 g/mol. The zero-order chi connectivity index (χ0) is 25.8. The van der Waals surface area contributed by atoms with Crippen LogP contribution >= 0.6 is 0 Å². The van der Waals surface area contributed by atoms with Crippen molar-refractivity contribution in [2.45, 2.75) is 84.1 Å². The van der Waals surface area contributed by atoms with Gasteiger partial charge in [0.1, 0.15) is 0 Å². The summed E-state index contributed by atoms with van der Waals surface area (Å²) in [6.45, 7) is 14.4. The molecule has 188 valence electrons. The van der Waals surface area contributed by atoms with Crippen LogP contribution in [0.5, 0.6) is 0 Å². The van der Waals surface area contributed by atoms with Gasteiger partial charge in [-0.3, -0.25) is 0 Å². The van der Waals surface area contributed by atoms with Gasteiger partial charge in [-0.25, -0.2) is 13.9 Å². The minimum atomic E-state index is -1.62. The average Bonchev–Trinajstić information content (AvgIpc) is 3.50. The van der Waals surface area contributed by atoms with Crippen molar-refractivity contribution in [1.82, 2.24) is 25.0 Å². The van der Waals surface area contributed by atoms with Crippen molar-refractivity contribution in [1.29, 1.82) is 0 Å². The molecule has 2 atom stereocenters. The van der Waals surface area contributed by atoms with E-state index in [1.807, 2.05) is 31.0 Å². The molecule has 2 aromatic heterocycles. The van der Waals surface area contributed by atoms with Gasteiger partial charge in [-0.15, -0.1) is 0 Å². The van der Waals surface area contributed by atoms with Crippen LogP contribution in [-0.2, 0) is 29.6 Å². The third-order valence-corrected chi connectivity index (χ3v) is 8.42. The van der Waals surface area contributed by atoms with Crippen molar-refractivity contribution in [3.8, 4) is 5.69 Å². The summed E-state index contributed by atoms with van der Waals surface area (Å²) in [6, 6.07) is 8.22. The number of fused-ring (bicyclic) bond motifs is 10. The van der Waals surface area contributed by atoms with Crippen molar-refractivity contribution < 1.29 is 9.18 Å². The Kier molecular flexibility index (Phi) is 4.56. The molecule has 0 bridgehead atoms. The molecular weight excluding hydrogens is 453 g/mol. The Hall–Kier alpha value is -3.35. The van der Waals surface area contributed by atoms with Crippen LogP contribution in [0, 0.1) is 0 Å². The fourth-order valence-electron chi connectivity index (χ4n) is 6.67. The number of hydrogen-bond donors (Lipinski definition) is 2. The summed E-state index contributed by atoms with van der Waals surface area (Å²) in [4.78, 5) is 18.3. The lowest BCUT2D eigenvalue weighted by Gasteiger charge is -2.44. The minimum Gasteiger partial charge on any atom is -0.362 e. The number of carbonyl (C=O) groups excluding carboxylic acids is 1. The maximum absolute atomic E-state index is 16.1. The van der Waals surface area contributed by atoms with Crippen LogP contribution in [0.15, 0.2) is 36.5 Å². The van der Waals surface area contributed by atoms with Gasteiger partial charge < -0.3 is 15.2 Å². The molecule has 0 spiro atoms. The second-order valence-corrected chi connectivity index (χ2v) is 11.5. The first-order valence-corrected chi connectivity index (χ1v) is 12.9. The number of halogens is 1. The van der Waals surface area contributed by atoms with E-state index in [2.05, 4.69) is 60.9 Å². The Morgan fingerprint density at radius 1 is 1.22 bits per heavy atom. The van der Waals surface area contributed by atoms with Crippen LogP contribution in [0.3, 0.4) is 0 Å². The minimum absolute atomic E-state index is 0.0357. The Bertz CT molecular complexity index is 1460. The zero-order valence-corrected chi connectivity index (χ0v) is 22.1. The van der Waals surface area contributed by atoms with E-state index >= 15 is 4.39 Å². The Balaban J connectivity index is 1.67. The lowest BCUT2D eigenvalue weighted by atomic mass is 9.62. The predicted molar refractivity (Wildman–Crippen MR) is 139 cm³/mol. The summed E-state index contributed by atoms with van der Waals surface area (Å²) < 4.78 is 18.2. The Morgan fingerprint density at radius 2 is 1.97 bits per heavy atom. The molecule has 1 aromatic carbocycles. The molecule has 0 fully saturated rings. The van der Waals surface area contributed by atoms with Gasteiger partial charge in [-0.1, -0.05) is 25.1 Å². The molecule has 6 rings (SSSR count). The van der Waals surface area contributed by atoms with Crippen LogP contribution in [0.2, 0.25) is 0 Å². The van der Waals surface area contributed by atoms with Crippen molar-refractivity contribution >= 4 is 11.6 Å². The molecule has 2 unspecified atom stereocenters. The average molecular weight is 488 g/mol. The number of nitrogens with one attached hydrogen (secondary N) is 2. The number of aromatic nitrogens is 3. The van der Waals surface area contributed by atoms with Gasteiger partial charge in [-0.05, 0) is 76.8 Å². The molecule has 0 saturated carbocycles. The van der Waals surface area contributed by atoms with E-state index in [0.29, 0.717) is 12.2 Å². The zero-order valence-electron chi connectivity index (χ0n) is 22.1. The Labute approximate surface area is 211 Å². The van der Waals surface area contributed by atoms with Crippen LogP contribution in [0.25, 0.3) is 11.3 Å². The van der Waals surface area contributed by atoms with Gasteiger partial charge in [0.15, 0.2) is 5.67 Å². The summed E-state index contributed by atoms with van der Waals surface area (Å²) in [5.41, 5.74) is 5.83. The number of carbonyl (C=O) groups is 1. The molecule has 3 aliphatic rings. The number of aryl methyl sites for hydroxylation is 1. The first-order chi connectivity index (χ1) is 16.9. The molecule has 1 aliphatic carbocycles. The van der Waals surface area contributed by atoms with E-state index in [4.69, 9.17) is 5.10 Å². The van der Waals surface area contributed by atoms with Crippen LogP contribution in [-0.4, -0.2) is 31.7 Å². The number of para-hydroxylation sites is 1. The largest absolute Gasteiger partial charge is 0.362 e. The van der Waals surface area contributed by atoms with Crippen molar-refractivity contribution in [2.24, 2.45) is 0 Å². The highest BCUT2D eigenvalue weighted by Gasteiger charge is 2.55. The quantitative estimate of drug-likeness (QED) is 0.477. The van der Waals surface area contributed by atoms with Gasteiger partial charge in [0.2, 0.25) is 0 Å². The maximum Gasteiger partial charge on any atom is 0.318 e. The number of benzene rings is 1. The number of urea groups is 1. The first kappa shape index (κ1) is 23.1.